The molecule has 1 aromatic heterocycles. The standard InChI is InChI=1S/C16H17ClN2OS/c17-10-5-6-11-12(7-10)21-15(13(11)18)16(20)19-14(8-1-2-8)9-3-4-9/h5-9,14H,1-4,18H2,(H,19,20). The van der Waals surface area contributed by atoms with Crippen molar-refractivity contribution >= 4 is 44.6 Å². The molecule has 4 rings (SSSR count). The minimum atomic E-state index is -0.0198. The number of hydrogen-bond acceptors (Lipinski definition) is 3. The van der Waals surface area contributed by atoms with E-state index in [0.29, 0.717) is 33.5 Å². The quantitative estimate of drug-likeness (QED) is 0.892. The molecule has 0 saturated heterocycles. The summed E-state index contributed by atoms with van der Waals surface area (Å²) >= 11 is 7.44. The number of nitrogen functional groups attached to an aromatic ring is 1. The Kier molecular flexibility index (Phi) is 3.12. The summed E-state index contributed by atoms with van der Waals surface area (Å²) < 4.78 is 0.972. The van der Waals surface area contributed by atoms with Crippen LogP contribution in [0, 0.1) is 11.8 Å². The average Bonchev–Trinajstić information content (AvgIpc) is 3.35. The van der Waals surface area contributed by atoms with Gasteiger partial charge in [0.15, 0.2) is 0 Å². The molecule has 0 radical (unpaired) electrons. The summed E-state index contributed by atoms with van der Waals surface area (Å²) in [5.74, 6) is 1.35. The Balaban J connectivity index is 1.62. The zero-order chi connectivity index (χ0) is 14.6. The van der Waals surface area contributed by atoms with Crippen molar-refractivity contribution in [3.63, 3.8) is 0 Å². The second-order valence-electron chi connectivity index (χ2n) is 6.16. The molecule has 0 spiro atoms. The molecule has 0 bridgehead atoms. The van der Waals surface area contributed by atoms with E-state index in [1.165, 1.54) is 37.0 Å². The lowest BCUT2D eigenvalue weighted by Crippen LogP contribution is -2.37. The summed E-state index contributed by atoms with van der Waals surface area (Å²) in [5.41, 5.74) is 6.73. The van der Waals surface area contributed by atoms with Crippen LogP contribution in [0.15, 0.2) is 18.2 Å². The third kappa shape index (κ3) is 2.51. The highest BCUT2D eigenvalue weighted by Crippen LogP contribution is 2.45. The summed E-state index contributed by atoms with van der Waals surface area (Å²) in [7, 11) is 0. The molecule has 1 amide bonds. The number of thiophene rings is 1. The first-order chi connectivity index (χ1) is 10.1. The van der Waals surface area contributed by atoms with Gasteiger partial charge in [-0.2, -0.15) is 0 Å². The molecule has 0 atom stereocenters. The Hall–Kier alpha value is -1.26. The number of rotatable bonds is 4. The van der Waals surface area contributed by atoms with Gasteiger partial charge in [0, 0.05) is 21.2 Å². The number of carbonyl (C=O) groups is 1. The van der Waals surface area contributed by atoms with Crippen molar-refractivity contribution in [1.82, 2.24) is 5.32 Å². The molecule has 2 saturated carbocycles. The lowest BCUT2D eigenvalue weighted by Gasteiger charge is -2.17. The van der Waals surface area contributed by atoms with Crippen LogP contribution in [0.3, 0.4) is 0 Å². The molecule has 2 fully saturated rings. The Morgan fingerprint density at radius 1 is 1.29 bits per heavy atom. The van der Waals surface area contributed by atoms with Crippen molar-refractivity contribution in [2.45, 2.75) is 31.7 Å². The molecule has 2 aromatic rings. The van der Waals surface area contributed by atoms with E-state index in [9.17, 15) is 4.79 Å². The molecule has 1 heterocycles. The van der Waals surface area contributed by atoms with Gasteiger partial charge in [-0.1, -0.05) is 11.6 Å². The summed E-state index contributed by atoms with van der Waals surface area (Å²) in [5, 5.41) is 4.82. The lowest BCUT2D eigenvalue weighted by atomic mass is 10.1. The van der Waals surface area contributed by atoms with Crippen molar-refractivity contribution in [1.29, 1.82) is 0 Å². The predicted octanol–water partition coefficient (Wildman–Crippen LogP) is 4.06. The van der Waals surface area contributed by atoms with Crippen LogP contribution in [-0.2, 0) is 0 Å². The van der Waals surface area contributed by atoms with Crippen LogP contribution in [0.2, 0.25) is 5.02 Å². The number of hydrogen-bond donors (Lipinski definition) is 2. The lowest BCUT2D eigenvalue weighted by molar-refractivity contribution is 0.0931. The number of benzene rings is 1. The van der Waals surface area contributed by atoms with Crippen molar-refractivity contribution in [3.05, 3.63) is 28.1 Å². The number of fused-ring (bicyclic) bond motifs is 1. The monoisotopic (exact) mass is 320 g/mol. The van der Waals surface area contributed by atoms with Crippen molar-refractivity contribution in [2.24, 2.45) is 11.8 Å². The number of anilines is 1. The second-order valence-corrected chi connectivity index (χ2v) is 7.65. The fourth-order valence-electron chi connectivity index (χ4n) is 3.01. The highest BCUT2D eigenvalue weighted by atomic mass is 35.5. The third-order valence-electron chi connectivity index (χ3n) is 4.45. The van der Waals surface area contributed by atoms with Crippen LogP contribution in [0.5, 0.6) is 0 Å². The second kappa shape index (κ2) is 4.89. The van der Waals surface area contributed by atoms with Crippen LogP contribution in [0.4, 0.5) is 5.69 Å². The first-order valence-corrected chi connectivity index (χ1v) is 8.61. The van der Waals surface area contributed by atoms with E-state index in [4.69, 9.17) is 17.3 Å². The van der Waals surface area contributed by atoms with Crippen LogP contribution in [0.1, 0.15) is 35.4 Å². The van der Waals surface area contributed by atoms with E-state index in [0.717, 1.165) is 10.1 Å². The van der Waals surface area contributed by atoms with E-state index < -0.39 is 0 Å². The minimum absolute atomic E-state index is 0.0198. The Bertz CT molecular complexity index is 706. The molecule has 21 heavy (non-hydrogen) atoms. The van der Waals surface area contributed by atoms with Gasteiger partial charge in [-0.15, -0.1) is 11.3 Å². The number of carbonyl (C=O) groups excluding carboxylic acids is 1. The van der Waals surface area contributed by atoms with E-state index in [-0.39, 0.29) is 5.91 Å². The first kappa shape index (κ1) is 13.4. The summed E-state index contributed by atoms with van der Waals surface area (Å²) in [4.78, 5) is 13.2. The van der Waals surface area contributed by atoms with Gasteiger partial charge >= 0.3 is 0 Å². The number of halogens is 1. The fourth-order valence-corrected chi connectivity index (χ4v) is 4.31. The van der Waals surface area contributed by atoms with Crippen LogP contribution < -0.4 is 11.1 Å². The van der Waals surface area contributed by atoms with Crippen molar-refractivity contribution in [2.75, 3.05) is 5.73 Å². The molecule has 0 unspecified atom stereocenters. The Labute approximate surface area is 132 Å². The third-order valence-corrected chi connectivity index (χ3v) is 5.86. The van der Waals surface area contributed by atoms with Crippen molar-refractivity contribution < 1.29 is 4.79 Å². The van der Waals surface area contributed by atoms with E-state index in [1.54, 1.807) is 0 Å². The minimum Gasteiger partial charge on any atom is -0.397 e. The molecular formula is C16H17ClN2OS. The zero-order valence-corrected chi connectivity index (χ0v) is 13.1. The van der Waals surface area contributed by atoms with Gasteiger partial charge in [0.25, 0.3) is 5.91 Å². The molecule has 3 nitrogen and oxygen atoms in total. The summed E-state index contributed by atoms with van der Waals surface area (Å²) in [6.45, 7) is 0. The van der Waals surface area contributed by atoms with Crippen molar-refractivity contribution in [3.8, 4) is 0 Å². The number of amides is 1. The fraction of sp³-hybridized carbons (Fsp3) is 0.438. The first-order valence-electron chi connectivity index (χ1n) is 7.42. The van der Waals surface area contributed by atoms with Crippen LogP contribution >= 0.6 is 22.9 Å². The molecule has 110 valence electrons. The van der Waals surface area contributed by atoms with Gasteiger partial charge in [0.1, 0.15) is 4.88 Å². The highest BCUT2D eigenvalue weighted by molar-refractivity contribution is 7.21. The number of nitrogens with two attached hydrogens (primary N) is 1. The van der Waals surface area contributed by atoms with Crippen LogP contribution in [-0.4, -0.2) is 11.9 Å². The molecule has 2 aliphatic rings. The maximum atomic E-state index is 12.6. The highest BCUT2D eigenvalue weighted by Gasteiger charge is 2.42. The zero-order valence-electron chi connectivity index (χ0n) is 11.6. The Morgan fingerprint density at radius 2 is 1.95 bits per heavy atom. The van der Waals surface area contributed by atoms with Gasteiger partial charge < -0.3 is 11.1 Å². The maximum absolute atomic E-state index is 12.6. The maximum Gasteiger partial charge on any atom is 0.263 e. The molecule has 2 aliphatic carbocycles. The molecular weight excluding hydrogens is 304 g/mol. The van der Waals surface area contributed by atoms with Gasteiger partial charge in [0.05, 0.1) is 5.69 Å². The van der Waals surface area contributed by atoms with Gasteiger partial charge in [-0.3, -0.25) is 4.79 Å². The molecule has 0 aliphatic heterocycles. The Morgan fingerprint density at radius 3 is 2.57 bits per heavy atom. The van der Waals surface area contributed by atoms with Crippen LogP contribution in [0.25, 0.3) is 10.1 Å². The molecule has 5 heteroatoms. The topological polar surface area (TPSA) is 55.1 Å². The smallest absolute Gasteiger partial charge is 0.263 e. The summed E-state index contributed by atoms with van der Waals surface area (Å²) in [6, 6.07) is 5.92. The van der Waals surface area contributed by atoms with Gasteiger partial charge in [-0.25, -0.2) is 0 Å². The normalized spacial score (nSPS) is 18.4. The van der Waals surface area contributed by atoms with Gasteiger partial charge in [0.2, 0.25) is 0 Å². The average molecular weight is 321 g/mol. The largest absolute Gasteiger partial charge is 0.397 e. The molecule has 3 N–H and O–H groups in total. The van der Waals surface area contributed by atoms with E-state index in [1.807, 2.05) is 18.2 Å². The summed E-state index contributed by atoms with van der Waals surface area (Å²) in [6.07, 6.45) is 5.00. The van der Waals surface area contributed by atoms with E-state index in [2.05, 4.69) is 5.32 Å². The number of nitrogens with one attached hydrogen (secondary N) is 1. The van der Waals surface area contributed by atoms with Gasteiger partial charge in [-0.05, 0) is 55.7 Å². The SMILES string of the molecule is Nc1c(C(=O)NC(C2CC2)C2CC2)sc2cc(Cl)ccc12. The molecule has 1 aromatic carbocycles. The van der Waals surface area contributed by atoms with E-state index >= 15 is 0 Å². The predicted molar refractivity (Wildman–Crippen MR) is 87.9 cm³/mol.